The third-order valence-electron chi connectivity index (χ3n) is 4.11. The Morgan fingerprint density at radius 3 is 1.88 bits per heavy atom. The Hall–Kier alpha value is -2.62. The SMILES string of the molecule is CCCCC(Oc1ccc(Oc2ccccc2)cc1)(C(C)=O)C(C)=O. The van der Waals surface area contributed by atoms with Gasteiger partial charge in [-0.05, 0) is 56.7 Å². The van der Waals surface area contributed by atoms with Crippen LogP contribution in [0.2, 0.25) is 0 Å². The van der Waals surface area contributed by atoms with Gasteiger partial charge in [0.05, 0.1) is 0 Å². The number of rotatable bonds is 9. The van der Waals surface area contributed by atoms with Crippen molar-refractivity contribution in [2.45, 2.75) is 45.6 Å². The molecule has 132 valence electrons. The second-order valence-electron chi connectivity index (χ2n) is 6.03. The van der Waals surface area contributed by atoms with Gasteiger partial charge < -0.3 is 9.47 Å². The molecule has 0 aromatic heterocycles. The van der Waals surface area contributed by atoms with E-state index in [0.717, 1.165) is 18.6 Å². The molecule has 0 saturated carbocycles. The van der Waals surface area contributed by atoms with Gasteiger partial charge in [0.15, 0.2) is 11.6 Å². The third-order valence-corrected chi connectivity index (χ3v) is 4.11. The normalized spacial score (nSPS) is 11.0. The molecule has 4 heteroatoms. The van der Waals surface area contributed by atoms with E-state index in [2.05, 4.69) is 0 Å². The van der Waals surface area contributed by atoms with E-state index < -0.39 is 5.60 Å². The summed E-state index contributed by atoms with van der Waals surface area (Å²) >= 11 is 0. The molecule has 0 saturated heterocycles. The number of hydrogen-bond acceptors (Lipinski definition) is 4. The Morgan fingerprint density at radius 2 is 1.36 bits per heavy atom. The van der Waals surface area contributed by atoms with E-state index in [1.807, 2.05) is 37.3 Å². The molecule has 0 radical (unpaired) electrons. The first kappa shape index (κ1) is 18.7. The molecule has 0 atom stereocenters. The van der Waals surface area contributed by atoms with Gasteiger partial charge in [-0.1, -0.05) is 31.5 Å². The summed E-state index contributed by atoms with van der Waals surface area (Å²) < 4.78 is 11.6. The molecule has 4 nitrogen and oxygen atoms in total. The van der Waals surface area contributed by atoms with Gasteiger partial charge in [0.2, 0.25) is 5.60 Å². The molecule has 0 unspecified atom stereocenters. The second-order valence-corrected chi connectivity index (χ2v) is 6.03. The summed E-state index contributed by atoms with van der Waals surface area (Å²) in [6, 6.07) is 16.4. The zero-order valence-electron chi connectivity index (χ0n) is 15.0. The van der Waals surface area contributed by atoms with Gasteiger partial charge in [0.1, 0.15) is 17.2 Å². The first-order chi connectivity index (χ1) is 12.0. The molecule has 0 aliphatic carbocycles. The fraction of sp³-hybridized carbons (Fsp3) is 0.333. The molecule has 0 N–H and O–H groups in total. The number of benzene rings is 2. The van der Waals surface area contributed by atoms with Crippen molar-refractivity contribution in [2.24, 2.45) is 0 Å². The molecule has 0 bridgehead atoms. The quantitative estimate of drug-likeness (QED) is 0.605. The Labute approximate surface area is 148 Å². The lowest BCUT2D eigenvalue weighted by Gasteiger charge is -2.29. The van der Waals surface area contributed by atoms with Crippen LogP contribution in [0.15, 0.2) is 54.6 Å². The van der Waals surface area contributed by atoms with Gasteiger partial charge in [-0.15, -0.1) is 0 Å². The Bertz CT molecular complexity index is 690. The standard InChI is InChI=1S/C21H24O4/c1-4-5-15-21(16(2)22,17(3)23)25-20-13-11-19(12-14-20)24-18-9-7-6-8-10-18/h6-14H,4-5,15H2,1-3H3. The maximum atomic E-state index is 12.2. The van der Waals surface area contributed by atoms with Gasteiger partial charge in [0, 0.05) is 6.42 Å². The summed E-state index contributed by atoms with van der Waals surface area (Å²) in [6.07, 6.45) is 2.01. The van der Waals surface area contributed by atoms with Crippen LogP contribution in [0.1, 0.15) is 40.0 Å². The highest BCUT2D eigenvalue weighted by Crippen LogP contribution is 2.29. The fourth-order valence-electron chi connectivity index (χ4n) is 2.62. The minimum Gasteiger partial charge on any atom is -0.472 e. The first-order valence-corrected chi connectivity index (χ1v) is 8.52. The molecule has 2 aromatic carbocycles. The van der Waals surface area contributed by atoms with E-state index >= 15 is 0 Å². The molecule has 0 heterocycles. The number of ether oxygens (including phenoxy) is 2. The predicted molar refractivity (Wildman–Crippen MR) is 97.2 cm³/mol. The average Bonchev–Trinajstić information content (AvgIpc) is 2.60. The average molecular weight is 340 g/mol. The van der Waals surface area contributed by atoms with E-state index in [1.54, 1.807) is 24.3 Å². The maximum Gasteiger partial charge on any atom is 0.223 e. The highest BCUT2D eigenvalue weighted by atomic mass is 16.5. The molecule has 0 aliphatic rings. The van der Waals surface area contributed by atoms with Crippen LogP contribution in [0.3, 0.4) is 0 Å². The fourth-order valence-corrected chi connectivity index (χ4v) is 2.62. The molecule has 0 fully saturated rings. The van der Waals surface area contributed by atoms with Crippen molar-refractivity contribution in [2.75, 3.05) is 0 Å². The van der Waals surface area contributed by atoms with Crippen molar-refractivity contribution >= 4 is 11.6 Å². The molecule has 2 rings (SSSR count). The van der Waals surface area contributed by atoms with E-state index in [0.29, 0.717) is 17.9 Å². The summed E-state index contributed by atoms with van der Waals surface area (Å²) in [7, 11) is 0. The van der Waals surface area contributed by atoms with Gasteiger partial charge in [-0.2, -0.15) is 0 Å². The second kappa shape index (κ2) is 8.47. The van der Waals surface area contributed by atoms with Gasteiger partial charge >= 0.3 is 0 Å². The number of unbranched alkanes of at least 4 members (excludes halogenated alkanes) is 1. The zero-order valence-corrected chi connectivity index (χ0v) is 15.0. The predicted octanol–water partition coefficient (Wildman–Crippen LogP) is 4.96. The highest BCUT2D eigenvalue weighted by Gasteiger charge is 2.42. The number of carbonyl (C=O) groups is 2. The Morgan fingerprint density at radius 1 is 0.840 bits per heavy atom. The van der Waals surface area contributed by atoms with Crippen molar-refractivity contribution < 1.29 is 19.1 Å². The lowest BCUT2D eigenvalue weighted by Crippen LogP contribution is -2.49. The van der Waals surface area contributed by atoms with Crippen LogP contribution in [-0.4, -0.2) is 17.2 Å². The van der Waals surface area contributed by atoms with E-state index in [-0.39, 0.29) is 11.6 Å². The number of hydrogen-bond donors (Lipinski definition) is 0. The summed E-state index contributed by atoms with van der Waals surface area (Å²) in [6.45, 7) is 4.83. The Balaban J connectivity index is 2.16. The summed E-state index contributed by atoms with van der Waals surface area (Å²) in [5.41, 5.74) is -1.40. The Kier molecular flexibility index (Phi) is 6.34. The minimum absolute atomic E-state index is 0.266. The monoisotopic (exact) mass is 340 g/mol. The molecular formula is C21H24O4. The van der Waals surface area contributed by atoms with Crippen LogP contribution in [0.25, 0.3) is 0 Å². The molecule has 25 heavy (non-hydrogen) atoms. The van der Waals surface area contributed by atoms with Crippen LogP contribution in [0.5, 0.6) is 17.2 Å². The van der Waals surface area contributed by atoms with Crippen molar-refractivity contribution in [1.29, 1.82) is 0 Å². The van der Waals surface area contributed by atoms with Gasteiger partial charge in [-0.3, -0.25) is 9.59 Å². The van der Waals surface area contributed by atoms with E-state index in [4.69, 9.17) is 9.47 Å². The molecule has 0 aliphatic heterocycles. The molecule has 2 aromatic rings. The summed E-state index contributed by atoms with van der Waals surface area (Å²) in [5, 5.41) is 0. The molecule has 0 spiro atoms. The van der Waals surface area contributed by atoms with E-state index in [9.17, 15) is 9.59 Å². The number of ketones is 2. The van der Waals surface area contributed by atoms with Gasteiger partial charge in [0.25, 0.3) is 0 Å². The van der Waals surface area contributed by atoms with Crippen LogP contribution >= 0.6 is 0 Å². The van der Waals surface area contributed by atoms with E-state index in [1.165, 1.54) is 13.8 Å². The number of Topliss-reactive ketones (excluding diaryl/α,β-unsaturated/α-hetero) is 2. The zero-order chi connectivity index (χ0) is 18.3. The van der Waals surface area contributed by atoms with Crippen LogP contribution in [0.4, 0.5) is 0 Å². The molecular weight excluding hydrogens is 316 g/mol. The largest absolute Gasteiger partial charge is 0.472 e. The van der Waals surface area contributed by atoms with Crippen LogP contribution in [0, 0.1) is 0 Å². The first-order valence-electron chi connectivity index (χ1n) is 8.52. The molecule has 0 amide bonds. The van der Waals surface area contributed by atoms with Crippen LogP contribution < -0.4 is 9.47 Å². The number of carbonyl (C=O) groups excluding carboxylic acids is 2. The van der Waals surface area contributed by atoms with Crippen molar-refractivity contribution in [3.05, 3.63) is 54.6 Å². The topological polar surface area (TPSA) is 52.6 Å². The summed E-state index contributed by atoms with van der Waals surface area (Å²) in [4.78, 5) is 24.3. The maximum absolute atomic E-state index is 12.2. The lowest BCUT2D eigenvalue weighted by atomic mass is 9.88. The van der Waals surface area contributed by atoms with Crippen LogP contribution in [-0.2, 0) is 9.59 Å². The van der Waals surface area contributed by atoms with Crippen molar-refractivity contribution in [3.8, 4) is 17.2 Å². The third kappa shape index (κ3) is 4.69. The smallest absolute Gasteiger partial charge is 0.223 e. The van der Waals surface area contributed by atoms with Crippen molar-refractivity contribution in [3.63, 3.8) is 0 Å². The number of para-hydroxylation sites is 1. The lowest BCUT2D eigenvalue weighted by molar-refractivity contribution is -0.145. The minimum atomic E-state index is -1.40. The van der Waals surface area contributed by atoms with Gasteiger partial charge in [-0.25, -0.2) is 0 Å². The summed E-state index contributed by atoms with van der Waals surface area (Å²) in [5.74, 6) is 1.34. The highest BCUT2D eigenvalue weighted by molar-refractivity contribution is 6.08. The van der Waals surface area contributed by atoms with Crippen molar-refractivity contribution in [1.82, 2.24) is 0 Å².